The molecule has 70 valence electrons. The van der Waals surface area contributed by atoms with Crippen LogP contribution in [0.25, 0.3) is 0 Å². The molecule has 1 rings (SSSR count). The fourth-order valence-electron chi connectivity index (χ4n) is 1.07. The quantitative estimate of drug-likeness (QED) is 0.511. The number of rotatable bonds is 4. The molecule has 0 atom stereocenters. The Hall–Kier alpha value is -1.31. The van der Waals surface area contributed by atoms with Crippen LogP contribution in [0.5, 0.6) is 0 Å². The molecule has 0 fully saturated rings. The summed E-state index contributed by atoms with van der Waals surface area (Å²) >= 11 is 0. The van der Waals surface area contributed by atoms with Crippen LogP contribution in [0.15, 0.2) is 29.4 Å². The number of aryl methyl sites for hydroxylation is 1. The number of nitrogens with zero attached hydrogens (tertiary/aromatic N) is 1. The van der Waals surface area contributed by atoms with Crippen molar-refractivity contribution >= 4 is 6.21 Å². The third kappa shape index (κ3) is 3.28. The fourth-order valence-corrected chi connectivity index (χ4v) is 1.07. The predicted molar refractivity (Wildman–Crippen MR) is 55.0 cm³/mol. The Labute approximate surface area is 79.2 Å². The normalized spacial score (nSPS) is 10.6. The molecule has 0 bridgehead atoms. The molecule has 2 heteroatoms. The Balaban J connectivity index is 2.66. The summed E-state index contributed by atoms with van der Waals surface area (Å²) in [6.45, 7) is 4.67. The summed E-state index contributed by atoms with van der Waals surface area (Å²) in [5.41, 5.74) is 2.41. The molecule has 0 unspecified atom stereocenters. The van der Waals surface area contributed by atoms with Crippen molar-refractivity contribution in [3.8, 4) is 0 Å². The summed E-state index contributed by atoms with van der Waals surface area (Å²) in [7, 11) is 0. The topological polar surface area (TPSA) is 21.6 Å². The van der Waals surface area contributed by atoms with E-state index in [2.05, 4.69) is 24.2 Å². The van der Waals surface area contributed by atoms with E-state index in [9.17, 15) is 0 Å². The predicted octanol–water partition coefficient (Wildman–Crippen LogP) is 2.62. The van der Waals surface area contributed by atoms with Crippen molar-refractivity contribution in [3.05, 3.63) is 35.4 Å². The zero-order valence-electron chi connectivity index (χ0n) is 8.16. The number of hydrogen-bond acceptors (Lipinski definition) is 2. The lowest BCUT2D eigenvalue weighted by Gasteiger charge is -1.97. The molecule has 0 aliphatic carbocycles. The molecular weight excluding hydrogens is 162 g/mol. The molecule has 0 aliphatic rings. The second kappa shape index (κ2) is 5.36. The Bertz CT molecular complexity index is 281. The monoisotopic (exact) mass is 177 g/mol. The van der Waals surface area contributed by atoms with Crippen molar-refractivity contribution in [3.63, 3.8) is 0 Å². The summed E-state index contributed by atoms with van der Waals surface area (Å²) in [5, 5.41) is 3.81. The maximum Gasteiger partial charge on any atom is 0.114 e. The lowest BCUT2D eigenvalue weighted by molar-refractivity contribution is 0.160. The van der Waals surface area contributed by atoms with Crippen LogP contribution in [-0.2, 0) is 11.3 Å². The minimum atomic E-state index is 0.615. The van der Waals surface area contributed by atoms with Gasteiger partial charge in [0.15, 0.2) is 0 Å². The summed E-state index contributed by atoms with van der Waals surface area (Å²) in [5.74, 6) is 0. The van der Waals surface area contributed by atoms with Crippen molar-refractivity contribution in [2.24, 2.45) is 5.16 Å². The van der Waals surface area contributed by atoms with Gasteiger partial charge in [-0.1, -0.05) is 36.3 Å². The maximum atomic E-state index is 4.88. The first kappa shape index (κ1) is 9.78. The van der Waals surface area contributed by atoms with Crippen molar-refractivity contribution in [2.45, 2.75) is 20.3 Å². The Morgan fingerprint density at radius 3 is 2.92 bits per heavy atom. The highest BCUT2D eigenvalue weighted by Gasteiger charge is 1.90. The average Bonchev–Trinajstić information content (AvgIpc) is 2.19. The van der Waals surface area contributed by atoms with Gasteiger partial charge in [0.2, 0.25) is 0 Å². The van der Waals surface area contributed by atoms with Crippen molar-refractivity contribution in [1.82, 2.24) is 0 Å². The second-order valence-corrected chi connectivity index (χ2v) is 2.75. The molecule has 0 aromatic heterocycles. The molecule has 0 amide bonds. The van der Waals surface area contributed by atoms with Gasteiger partial charge >= 0.3 is 0 Å². The highest BCUT2D eigenvalue weighted by Crippen LogP contribution is 2.03. The molecule has 0 saturated heterocycles. The van der Waals surface area contributed by atoms with E-state index in [0.717, 1.165) is 12.0 Å². The second-order valence-electron chi connectivity index (χ2n) is 2.75. The summed E-state index contributed by atoms with van der Waals surface area (Å²) in [4.78, 5) is 4.88. The zero-order chi connectivity index (χ0) is 9.52. The van der Waals surface area contributed by atoms with E-state index < -0.39 is 0 Å². The summed E-state index contributed by atoms with van der Waals surface area (Å²) < 4.78 is 0. The summed E-state index contributed by atoms with van der Waals surface area (Å²) in [6.07, 6.45) is 2.79. The van der Waals surface area contributed by atoms with Crippen LogP contribution in [0.1, 0.15) is 25.0 Å². The SMILES string of the molecule is CCO/N=C\c1cccc(CC)c1. The summed E-state index contributed by atoms with van der Waals surface area (Å²) in [6, 6.07) is 8.27. The van der Waals surface area contributed by atoms with E-state index in [0.29, 0.717) is 6.61 Å². The van der Waals surface area contributed by atoms with E-state index >= 15 is 0 Å². The van der Waals surface area contributed by atoms with Crippen molar-refractivity contribution in [2.75, 3.05) is 6.61 Å². The highest BCUT2D eigenvalue weighted by atomic mass is 16.6. The largest absolute Gasteiger partial charge is 0.396 e. The Morgan fingerprint density at radius 2 is 2.23 bits per heavy atom. The lowest BCUT2D eigenvalue weighted by atomic mass is 10.1. The van der Waals surface area contributed by atoms with Crippen LogP contribution in [-0.4, -0.2) is 12.8 Å². The van der Waals surface area contributed by atoms with Crippen LogP contribution < -0.4 is 0 Å². The molecule has 0 saturated carbocycles. The third-order valence-corrected chi connectivity index (χ3v) is 1.76. The van der Waals surface area contributed by atoms with Crippen LogP contribution in [0, 0.1) is 0 Å². The minimum Gasteiger partial charge on any atom is -0.396 e. The first-order valence-corrected chi connectivity index (χ1v) is 4.61. The number of hydrogen-bond donors (Lipinski definition) is 0. The van der Waals surface area contributed by atoms with Crippen LogP contribution in [0.3, 0.4) is 0 Å². The zero-order valence-corrected chi connectivity index (χ0v) is 8.16. The van der Waals surface area contributed by atoms with E-state index in [4.69, 9.17) is 4.84 Å². The van der Waals surface area contributed by atoms with Crippen LogP contribution in [0.4, 0.5) is 0 Å². The molecule has 1 aromatic carbocycles. The molecule has 0 radical (unpaired) electrons. The first-order valence-electron chi connectivity index (χ1n) is 4.61. The van der Waals surface area contributed by atoms with E-state index in [1.807, 2.05) is 19.1 Å². The third-order valence-electron chi connectivity index (χ3n) is 1.76. The van der Waals surface area contributed by atoms with E-state index in [-0.39, 0.29) is 0 Å². The molecule has 13 heavy (non-hydrogen) atoms. The van der Waals surface area contributed by atoms with Gasteiger partial charge in [-0.05, 0) is 24.5 Å². The number of oxime groups is 1. The minimum absolute atomic E-state index is 0.615. The van der Waals surface area contributed by atoms with Gasteiger partial charge < -0.3 is 4.84 Å². The van der Waals surface area contributed by atoms with Crippen molar-refractivity contribution in [1.29, 1.82) is 0 Å². The fraction of sp³-hybridized carbons (Fsp3) is 0.364. The first-order chi connectivity index (χ1) is 6.36. The Morgan fingerprint density at radius 1 is 1.38 bits per heavy atom. The molecule has 2 nitrogen and oxygen atoms in total. The van der Waals surface area contributed by atoms with E-state index in [1.165, 1.54) is 5.56 Å². The van der Waals surface area contributed by atoms with E-state index in [1.54, 1.807) is 6.21 Å². The van der Waals surface area contributed by atoms with Gasteiger partial charge in [0, 0.05) is 0 Å². The van der Waals surface area contributed by atoms with Gasteiger partial charge in [-0.3, -0.25) is 0 Å². The molecule has 0 heterocycles. The van der Waals surface area contributed by atoms with Gasteiger partial charge in [0.05, 0.1) is 6.21 Å². The standard InChI is InChI=1S/C11H15NO/c1-3-10-6-5-7-11(8-10)9-12-13-4-2/h5-9H,3-4H2,1-2H3/b12-9-. The molecule has 1 aromatic rings. The van der Waals surface area contributed by atoms with Crippen LogP contribution in [0.2, 0.25) is 0 Å². The van der Waals surface area contributed by atoms with Crippen molar-refractivity contribution < 1.29 is 4.84 Å². The van der Waals surface area contributed by atoms with Crippen LogP contribution >= 0.6 is 0 Å². The maximum absolute atomic E-state index is 4.88. The molecule has 0 aliphatic heterocycles. The average molecular weight is 177 g/mol. The molecule has 0 N–H and O–H groups in total. The smallest absolute Gasteiger partial charge is 0.114 e. The molecular formula is C11H15NO. The molecule has 0 spiro atoms. The van der Waals surface area contributed by atoms with Gasteiger partial charge in [0.25, 0.3) is 0 Å². The lowest BCUT2D eigenvalue weighted by Crippen LogP contribution is -1.86. The van der Waals surface area contributed by atoms with Gasteiger partial charge in [-0.25, -0.2) is 0 Å². The van der Waals surface area contributed by atoms with Gasteiger partial charge in [-0.2, -0.15) is 0 Å². The number of benzene rings is 1. The highest BCUT2D eigenvalue weighted by molar-refractivity contribution is 5.79. The van der Waals surface area contributed by atoms with Gasteiger partial charge in [-0.15, -0.1) is 0 Å². The Kier molecular flexibility index (Phi) is 4.03. The van der Waals surface area contributed by atoms with Gasteiger partial charge in [0.1, 0.15) is 6.61 Å².